The number of likely N-dealkylation sites (N-methyl/N-ethyl adjacent to an activating group) is 1. The minimum Gasteiger partial charge on any atom is -0.493 e. The van der Waals surface area contributed by atoms with Gasteiger partial charge in [0.1, 0.15) is 11.4 Å². The summed E-state index contributed by atoms with van der Waals surface area (Å²) >= 11 is 6.65. The summed E-state index contributed by atoms with van der Waals surface area (Å²) in [7, 11) is -1.95. The second-order valence-electron chi connectivity index (χ2n) is 9.69. The smallest absolute Gasteiger partial charge is 0.268 e. The molecule has 37 heavy (non-hydrogen) atoms. The van der Waals surface area contributed by atoms with E-state index in [4.69, 9.17) is 16.3 Å². The Hall–Kier alpha value is -1.89. The zero-order valence-electron chi connectivity index (χ0n) is 21.8. The van der Waals surface area contributed by atoms with E-state index in [-0.39, 0.29) is 17.4 Å². The number of amides is 1. The van der Waals surface area contributed by atoms with Gasteiger partial charge in [0.25, 0.3) is 5.91 Å². The summed E-state index contributed by atoms with van der Waals surface area (Å²) in [6.45, 7) is 8.27. The highest BCUT2D eigenvalue weighted by molar-refractivity contribution is 7.89. The van der Waals surface area contributed by atoms with Crippen LogP contribution >= 0.6 is 11.6 Å². The van der Waals surface area contributed by atoms with Crippen molar-refractivity contribution in [1.29, 1.82) is 0 Å². The molecule has 2 N–H and O–H groups in total. The first-order valence-corrected chi connectivity index (χ1v) is 14.9. The van der Waals surface area contributed by atoms with Gasteiger partial charge in [-0.05, 0) is 36.6 Å². The molecule has 12 heteroatoms. The Morgan fingerprint density at radius 2 is 1.86 bits per heavy atom. The first kappa shape index (κ1) is 28.1. The van der Waals surface area contributed by atoms with Crippen LogP contribution in [-0.2, 0) is 14.8 Å². The van der Waals surface area contributed by atoms with E-state index in [1.807, 2.05) is 18.9 Å². The lowest BCUT2D eigenvalue weighted by atomic mass is 9.97. The van der Waals surface area contributed by atoms with Gasteiger partial charge < -0.3 is 20.1 Å². The van der Waals surface area contributed by atoms with Crippen LogP contribution in [0.4, 0.5) is 0 Å². The van der Waals surface area contributed by atoms with Crippen LogP contribution in [0.25, 0.3) is 0 Å². The number of carbonyl (C=O) groups is 1. The fourth-order valence-electron chi connectivity index (χ4n) is 5.25. The summed E-state index contributed by atoms with van der Waals surface area (Å²) in [4.78, 5) is 19.2. The van der Waals surface area contributed by atoms with Gasteiger partial charge in [0.2, 0.25) is 10.0 Å². The van der Waals surface area contributed by atoms with E-state index in [2.05, 4.69) is 17.1 Å². The molecule has 1 amide bonds. The van der Waals surface area contributed by atoms with Gasteiger partial charge in [-0.25, -0.2) is 8.42 Å². The van der Waals surface area contributed by atoms with Gasteiger partial charge in [0, 0.05) is 58.4 Å². The number of nitrogens with zero attached hydrogens (tertiary/aromatic N) is 4. The monoisotopic (exact) mass is 555 g/mol. The molecule has 0 bridgehead atoms. The van der Waals surface area contributed by atoms with Crippen molar-refractivity contribution in [3.05, 3.63) is 35.0 Å². The molecule has 1 aromatic rings. The van der Waals surface area contributed by atoms with Gasteiger partial charge >= 0.3 is 0 Å². The predicted molar refractivity (Wildman–Crippen MR) is 142 cm³/mol. The van der Waals surface area contributed by atoms with Crippen molar-refractivity contribution >= 4 is 27.5 Å². The van der Waals surface area contributed by atoms with Crippen LogP contribution in [-0.4, -0.2) is 110 Å². The number of halogens is 1. The Bertz CT molecular complexity index is 1120. The highest BCUT2D eigenvalue weighted by Gasteiger charge is 2.43. The number of carbonyl (C=O) groups excluding carboxylic acids is 1. The van der Waals surface area contributed by atoms with E-state index in [1.165, 1.54) is 4.31 Å². The fourth-order valence-corrected chi connectivity index (χ4v) is 6.97. The number of piperazine rings is 1. The Morgan fingerprint density at radius 3 is 2.51 bits per heavy atom. The van der Waals surface area contributed by atoms with Crippen molar-refractivity contribution in [2.24, 2.45) is 0 Å². The minimum absolute atomic E-state index is 0.0512. The molecule has 4 rings (SSSR count). The van der Waals surface area contributed by atoms with Crippen LogP contribution in [0.15, 0.2) is 34.4 Å². The third-order valence-corrected chi connectivity index (χ3v) is 9.60. The topological polar surface area (TPSA) is 106 Å². The first-order valence-electron chi connectivity index (χ1n) is 13.0. The lowest BCUT2D eigenvalue weighted by Gasteiger charge is -2.40. The second-order valence-corrected chi connectivity index (χ2v) is 12.0. The SMILES string of the molecule is CCCOc1ccc(S(=O)(=O)N2CCN(CCO)CC2)cc1C1NC(=O)C2=C1CN(CCC)C(Cl)N2C. The Balaban J connectivity index is 1.70. The standard InChI is InChI=1S/C25H38ClN5O5S/c1-4-8-30-17-20-22(27-24(33)23(20)28(3)25(30)26)19-16-18(6-7-21(19)36-15-5-2)37(34,35)31-11-9-29(10-12-31)13-14-32/h6-7,16,22,25,32H,4-5,8-15,17H2,1-3H3,(H,27,33). The van der Waals surface area contributed by atoms with Gasteiger partial charge in [0.15, 0.2) is 5.62 Å². The summed E-state index contributed by atoms with van der Waals surface area (Å²) in [5.41, 5.74) is 1.60. The van der Waals surface area contributed by atoms with E-state index in [1.54, 1.807) is 23.1 Å². The molecule has 0 radical (unpaired) electrons. The first-order chi connectivity index (χ1) is 17.7. The molecule has 0 aliphatic carbocycles. The summed E-state index contributed by atoms with van der Waals surface area (Å²) in [6.07, 6.45) is 1.71. The van der Waals surface area contributed by atoms with Gasteiger partial charge in [-0.1, -0.05) is 25.4 Å². The van der Waals surface area contributed by atoms with Gasteiger partial charge in [-0.2, -0.15) is 4.31 Å². The van der Waals surface area contributed by atoms with Crippen LogP contribution in [0.2, 0.25) is 0 Å². The number of hydrogen-bond donors (Lipinski definition) is 2. The molecule has 1 saturated heterocycles. The number of rotatable bonds is 10. The second kappa shape index (κ2) is 11.9. The van der Waals surface area contributed by atoms with E-state index in [9.17, 15) is 18.3 Å². The third-order valence-electron chi connectivity index (χ3n) is 7.14. The average Bonchev–Trinajstić information content (AvgIpc) is 3.22. The predicted octanol–water partition coefficient (Wildman–Crippen LogP) is 1.38. The number of nitrogens with one attached hydrogen (secondary N) is 1. The summed E-state index contributed by atoms with van der Waals surface area (Å²) < 4.78 is 34.7. The van der Waals surface area contributed by atoms with Crippen LogP contribution < -0.4 is 10.1 Å². The fraction of sp³-hybridized carbons (Fsp3) is 0.640. The quantitative estimate of drug-likeness (QED) is 0.329. The zero-order chi connectivity index (χ0) is 26.7. The van der Waals surface area contributed by atoms with Crippen molar-refractivity contribution in [3.63, 3.8) is 0 Å². The van der Waals surface area contributed by atoms with Gasteiger partial charge in [-0.3, -0.25) is 14.6 Å². The molecule has 0 saturated carbocycles. The highest BCUT2D eigenvalue weighted by atomic mass is 35.5. The molecule has 0 aromatic heterocycles. The number of alkyl halides is 1. The molecule has 1 aromatic carbocycles. The number of ether oxygens (including phenoxy) is 1. The molecule has 0 spiro atoms. The number of aliphatic hydroxyl groups is 1. The molecule has 1 fully saturated rings. The maximum absolute atomic E-state index is 13.6. The van der Waals surface area contributed by atoms with Gasteiger partial charge in [0.05, 0.1) is 24.2 Å². The normalized spacial score (nSPS) is 23.9. The van der Waals surface area contributed by atoms with E-state index < -0.39 is 21.7 Å². The largest absolute Gasteiger partial charge is 0.493 e. The molecular weight excluding hydrogens is 518 g/mol. The maximum atomic E-state index is 13.6. The molecule has 3 heterocycles. The summed E-state index contributed by atoms with van der Waals surface area (Å²) in [5.74, 6) is 0.337. The summed E-state index contributed by atoms with van der Waals surface area (Å²) in [5, 5.41) is 12.3. The summed E-state index contributed by atoms with van der Waals surface area (Å²) in [6, 6.07) is 4.42. The number of β-amino-alcohol motifs (C(OH)–C–C–N with tert-alkyl or cyclic N) is 1. The van der Waals surface area contributed by atoms with Crippen molar-refractivity contribution in [2.45, 2.75) is 43.3 Å². The van der Waals surface area contributed by atoms with E-state index in [0.717, 1.165) is 25.0 Å². The highest BCUT2D eigenvalue weighted by Crippen LogP contribution is 2.41. The van der Waals surface area contributed by atoms with Crippen molar-refractivity contribution in [2.75, 3.05) is 66.1 Å². The van der Waals surface area contributed by atoms with E-state index in [0.29, 0.717) is 62.9 Å². The third kappa shape index (κ3) is 5.62. The van der Waals surface area contributed by atoms with Crippen molar-refractivity contribution < 1.29 is 23.1 Å². The molecule has 2 unspecified atom stereocenters. The number of aliphatic hydroxyl groups excluding tert-OH is 1. The lowest BCUT2D eigenvalue weighted by Crippen LogP contribution is -2.49. The molecule has 3 aliphatic rings. The molecule has 206 valence electrons. The molecule has 2 atom stereocenters. The Morgan fingerprint density at radius 1 is 1.14 bits per heavy atom. The zero-order valence-corrected chi connectivity index (χ0v) is 23.4. The van der Waals surface area contributed by atoms with Crippen molar-refractivity contribution in [1.82, 2.24) is 24.3 Å². The Labute approximate surface area is 224 Å². The lowest BCUT2D eigenvalue weighted by molar-refractivity contribution is -0.118. The van der Waals surface area contributed by atoms with Gasteiger partial charge in [-0.15, -0.1) is 0 Å². The van der Waals surface area contributed by atoms with Crippen LogP contribution in [0.3, 0.4) is 0 Å². The molecule has 10 nitrogen and oxygen atoms in total. The minimum atomic E-state index is -3.75. The number of benzene rings is 1. The van der Waals surface area contributed by atoms with Crippen LogP contribution in [0.5, 0.6) is 5.75 Å². The van der Waals surface area contributed by atoms with Crippen LogP contribution in [0, 0.1) is 0 Å². The van der Waals surface area contributed by atoms with Crippen LogP contribution in [0.1, 0.15) is 38.3 Å². The average molecular weight is 556 g/mol. The number of hydrogen-bond acceptors (Lipinski definition) is 8. The van der Waals surface area contributed by atoms with E-state index >= 15 is 0 Å². The maximum Gasteiger partial charge on any atom is 0.268 e. The molecule has 3 aliphatic heterocycles. The Kier molecular flexibility index (Phi) is 9.03. The van der Waals surface area contributed by atoms with Crippen molar-refractivity contribution in [3.8, 4) is 5.75 Å². The molecular formula is C25H38ClN5O5S. The number of sulfonamides is 1.